The predicted molar refractivity (Wildman–Crippen MR) is 121 cm³/mol. The first-order chi connectivity index (χ1) is 14.6. The lowest BCUT2D eigenvalue weighted by Gasteiger charge is -2.44. The Morgan fingerprint density at radius 3 is 2.57 bits per heavy atom. The van der Waals surface area contributed by atoms with Gasteiger partial charge in [0.15, 0.2) is 0 Å². The average Bonchev–Trinajstić information content (AvgIpc) is 3.40. The first-order valence-corrected chi connectivity index (χ1v) is 11.0. The summed E-state index contributed by atoms with van der Waals surface area (Å²) in [6.07, 6.45) is 9.10. The Kier molecular flexibility index (Phi) is 4.95. The Balaban J connectivity index is 1.61. The van der Waals surface area contributed by atoms with E-state index < -0.39 is 5.97 Å². The highest BCUT2D eigenvalue weighted by molar-refractivity contribution is 5.86. The summed E-state index contributed by atoms with van der Waals surface area (Å²) >= 11 is 0. The first kappa shape index (κ1) is 19.1. The van der Waals surface area contributed by atoms with Gasteiger partial charge < -0.3 is 10.1 Å². The molecule has 1 aliphatic carbocycles. The van der Waals surface area contributed by atoms with E-state index in [-0.39, 0.29) is 6.04 Å². The number of carboxylic acids is 1. The molecule has 0 radical (unpaired) electrons. The van der Waals surface area contributed by atoms with Gasteiger partial charge in [0.25, 0.3) is 0 Å². The number of carboxylic acid groups (broad SMARTS) is 1. The van der Waals surface area contributed by atoms with Crippen molar-refractivity contribution in [2.45, 2.75) is 57.2 Å². The number of carbonyl (C=O) groups is 1. The van der Waals surface area contributed by atoms with Crippen LogP contribution in [-0.2, 0) is 11.2 Å². The smallest absolute Gasteiger partial charge is 0.328 e. The van der Waals surface area contributed by atoms with Crippen molar-refractivity contribution in [2.24, 2.45) is 0 Å². The minimum Gasteiger partial charge on any atom is -0.478 e. The Labute approximate surface area is 177 Å². The molecule has 0 bridgehead atoms. The number of aromatic amines is 1. The number of rotatable bonds is 4. The number of H-pyrrole nitrogens is 1. The second-order valence-electron chi connectivity index (χ2n) is 8.74. The molecule has 2 atom stereocenters. The second-order valence-corrected chi connectivity index (χ2v) is 8.74. The third-order valence-electron chi connectivity index (χ3n) is 6.84. The summed E-state index contributed by atoms with van der Waals surface area (Å²) in [4.78, 5) is 17.3. The molecule has 4 nitrogen and oxygen atoms in total. The van der Waals surface area contributed by atoms with E-state index >= 15 is 0 Å². The number of benzene rings is 2. The fourth-order valence-corrected chi connectivity index (χ4v) is 5.55. The van der Waals surface area contributed by atoms with Crippen LogP contribution in [-0.4, -0.2) is 33.0 Å². The molecule has 2 unspecified atom stereocenters. The summed E-state index contributed by atoms with van der Waals surface area (Å²) in [7, 11) is 0. The van der Waals surface area contributed by atoms with Gasteiger partial charge in [-0.25, -0.2) is 4.79 Å². The third kappa shape index (κ3) is 3.35. The summed E-state index contributed by atoms with van der Waals surface area (Å²) in [5.74, 6) is -0.921. The summed E-state index contributed by atoms with van der Waals surface area (Å²) in [6, 6.07) is 18.3. The highest BCUT2D eigenvalue weighted by atomic mass is 16.4. The monoisotopic (exact) mass is 400 g/mol. The molecule has 1 aliphatic heterocycles. The van der Waals surface area contributed by atoms with E-state index in [1.54, 1.807) is 6.08 Å². The standard InChI is InChI=1S/C26H28N2O2/c1-17-16-22-21-8-4-5-9-23(21)27-25(22)26(28(17)20-6-2-3-7-20)19-13-10-18(11-14-19)12-15-24(29)30/h4-5,8-15,17,20,26-27H,2-3,6-7,16H2,1H3,(H,29,30)/b15-12+. The predicted octanol–water partition coefficient (Wildman–Crippen LogP) is 5.54. The largest absolute Gasteiger partial charge is 0.478 e. The average molecular weight is 401 g/mol. The molecule has 2 aliphatic rings. The van der Waals surface area contributed by atoms with Gasteiger partial charge in [-0.15, -0.1) is 0 Å². The fraction of sp³-hybridized carbons (Fsp3) is 0.346. The van der Waals surface area contributed by atoms with Crippen molar-refractivity contribution in [2.75, 3.05) is 0 Å². The van der Waals surface area contributed by atoms with E-state index in [0.717, 1.165) is 12.0 Å². The highest BCUT2D eigenvalue weighted by Crippen LogP contribution is 2.44. The molecule has 2 aromatic carbocycles. The van der Waals surface area contributed by atoms with Crippen LogP contribution in [0.4, 0.5) is 0 Å². The number of nitrogens with one attached hydrogen (secondary N) is 1. The van der Waals surface area contributed by atoms with Gasteiger partial charge in [0.1, 0.15) is 0 Å². The topological polar surface area (TPSA) is 56.3 Å². The maximum Gasteiger partial charge on any atom is 0.328 e. The zero-order valence-corrected chi connectivity index (χ0v) is 17.3. The van der Waals surface area contributed by atoms with Crippen molar-refractivity contribution in [3.63, 3.8) is 0 Å². The lowest BCUT2D eigenvalue weighted by Crippen LogP contribution is -2.47. The Hall–Kier alpha value is -2.85. The molecule has 4 heteroatoms. The van der Waals surface area contributed by atoms with Crippen LogP contribution in [0.25, 0.3) is 17.0 Å². The molecular weight excluding hydrogens is 372 g/mol. The van der Waals surface area contributed by atoms with E-state index in [1.165, 1.54) is 59.5 Å². The first-order valence-electron chi connectivity index (χ1n) is 11.0. The molecule has 2 N–H and O–H groups in total. The van der Waals surface area contributed by atoms with Gasteiger partial charge in [-0.1, -0.05) is 55.3 Å². The number of hydrogen-bond acceptors (Lipinski definition) is 2. The van der Waals surface area contributed by atoms with Crippen LogP contribution in [0.3, 0.4) is 0 Å². The molecule has 1 saturated carbocycles. The van der Waals surface area contributed by atoms with Crippen LogP contribution in [0.5, 0.6) is 0 Å². The molecule has 1 aromatic heterocycles. The molecule has 3 aromatic rings. The van der Waals surface area contributed by atoms with Crippen LogP contribution < -0.4 is 0 Å². The van der Waals surface area contributed by atoms with Gasteiger partial charge >= 0.3 is 5.97 Å². The summed E-state index contributed by atoms with van der Waals surface area (Å²) in [5, 5.41) is 10.2. The highest BCUT2D eigenvalue weighted by Gasteiger charge is 2.40. The van der Waals surface area contributed by atoms with E-state index in [9.17, 15) is 4.79 Å². The fourth-order valence-electron chi connectivity index (χ4n) is 5.55. The van der Waals surface area contributed by atoms with Crippen molar-refractivity contribution in [3.8, 4) is 0 Å². The quantitative estimate of drug-likeness (QED) is 0.565. The number of aromatic nitrogens is 1. The minimum absolute atomic E-state index is 0.205. The van der Waals surface area contributed by atoms with Gasteiger partial charge in [-0.3, -0.25) is 4.90 Å². The molecule has 154 valence electrons. The normalized spacial score (nSPS) is 22.7. The van der Waals surface area contributed by atoms with Crippen molar-refractivity contribution >= 4 is 22.9 Å². The lowest BCUT2D eigenvalue weighted by molar-refractivity contribution is -0.131. The minimum atomic E-state index is -0.921. The molecule has 2 heterocycles. The molecule has 0 saturated heterocycles. The molecule has 1 fully saturated rings. The lowest BCUT2D eigenvalue weighted by atomic mass is 9.86. The molecule has 5 rings (SSSR count). The van der Waals surface area contributed by atoms with Crippen molar-refractivity contribution in [3.05, 3.63) is 77.0 Å². The summed E-state index contributed by atoms with van der Waals surface area (Å²) in [5.41, 5.74) is 6.18. The SMILES string of the molecule is CC1Cc2c([nH]c3ccccc23)C(c2ccc(/C=C/C(=O)O)cc2)N1C1CCCC1. The Morgan fingerprint density at radius 1 is 1.10 bits per heavy atom. The van der Waals surface area contributed by atoms with Crippen molar-refractivity contribution in [1.29, 1.82) is 0 Å². The van der Waals surface area contributed by atoms with E-state index in [4.69, 9.17) is 5.11 Å². The number of nitrogens with zero attached hydrogens (tertiary/aromatic N) is 1. The maximum absolute atomic E-state index is 10.8. The second kappa shape index (κ2) is 7.77. The van der Waals surface area contributed by atoms with Crippen LogP contribution in [0.2, 0.25) is 0 Å². The number of para-hydroxylation sites is 1. The van der Waals surface area contributed by atoms with Crippen molar-refractivity contribution < 1.29 is 9.90 Å². The van der Waals surface area contributed by atoms with Crippen LogP contribution >= 0.6 is 0 Å². The zero-order valence-electron chi connectivity index (χ0n) is 17.3. The van der Waals surface area contributed by atoms with Gasteiger partial charge in [0.05, 0.1) is 6.04 Å². The zero-order chi connectivity index (χ0) is 20.7. The summed E-state index contributed by atoms with van der Waals surface area (Å²) < 4.78 is 0. The number of aliphatic carboxylic acids is 1. The summed E-state index contributed by atoms with van der Waals surface area (Å²) in [6.45, 7) is 2.38. The molecule has 30 heavy (non-hydrogen) atoms. The van der Waals surface area contributed by atoms with Gasteiger partial charge in [-0.05, 0) is 55.0 Å². The number of hydrogen-bond donors (Lipinski definition) is 2. The third-order valence-corrected chi connectivity index (χ3v) is 6.84. The Morgan fingerprint density at radius 2 is 1.83 bits per heavy atom. The molecule has 0 spiro atoms. The van der Waals surface area contributed by atoms with Crippen molar-refractivity contribution in [1.82, 2.24) is 9.88 Å². The van der Waals surface area contributed by atoms with Crippen LogP contribution in [0.1, 0.15) is 61.0 Å². The van der Waals surface area contributed by atoms with Crippen LogP contribution in [0, 0.1) is 0 Å². The Bertz CT molecular complexity index is 1090. The van der Waals surface area contributed by atoms with E-state index in [2.05, 4.69) is 53.2 Å². The number of fused-ring (bicyclic) bond motifs is 3. The van der Waals surface area contributed by atoms with Crippen LogP contribution in [0.15, 0.2) is 54.6 Å². The molecular formula is C26H28N2O2. The molecule has 0 amide bonds. The maximum atomic E-state index is 10.8. The van der Waals surface area contributed by atoms with E-state index in [1.807, 2.05) is 12.1 Å². The van der Waals surface area contributed by atoms with Gasteiger partial charge in [0, 0.05) is 34.8 Å². The van der Waals surface area contributed by atoms with Gasteiger partial charge in [0.2, 0.25) is 0 Å². The van der Waals surface area contributed by atoms with E-state index in [0.29, 0.717) is 12.1 Å². The van der Waals surface area contributed by atoms with Gasteiger partial charge in [-0.2, -0.15) is 0 Å².